The van der Waals surface area contributed by atoms with Gasteiger partial charge in [0.15, 0.2) is 0 Å². The number of rotatable bonds is 7. The lowest BCUT2D eigenvalue weighted by Gasteiger charge is -2.23. The van der Waals surface area contributed by atoms with E-state index >= 15 is 0 Å². The Labute approximate surface area is 112 Å². The zero-order valence-electron chi connectivity index (χ0n) is 11.1. The number of benzene rings is 1. The van der Waals surface area contributed by atoms with Crippen LogP contribution in [-0.2, 0) is 0 Å². The van der Waals surface area contributed by atoms with Crippen molar-refractivity contribution in [3.05, 3.63) is 39.9 Å². The van der Waals surface area contributed by atoms with E-state index in [-0.39, 0.29) is 12.3 Å². The van der Waals surface area contributed by atoms with Gasteiger partial charge >= 0.3 is 0 Å². The zero-order chi connectivity index (χ0) is 14.4. The first-order valence-electron chi connectivity index (χ1n) is 6.22. The Balaban J connectivity index is 2.73. The summed E-state index contributed by atoms with van der Waals surface area (Å²) in [5.74, 6) is 0.401. The van der Waals surface area contributed by atoms with E-state index in [0.29, 0.717) is 18.0 Å². The van der Waals surface area contributed by atoms with Gasteiger partial charge < -0.3 is 15.5 Å². The maximum absolute atomic E-state index is 10.5. The standard InChI is InChI=1S/C13H20N2O4/c1-9(2)7-14-12(8-16)13(17)10-3-5-11(6-4-10)15(18)19/h3-6,9,12-14,16-17H,7-8H2,1-2H3. The van der Waals surface area contributed by atoms with Crippen LogP contribution < -0.4 is 5.32 Å². The molecule has 0 amide bonds. The lowest BCUT2D eigenvalue weighted by molar-refractivity contribution is -0.384. The van der Waals surface area contributed by atoms with Gasteiger partial charge in [-0.3, -0.25) is 10.1 Å². The van der Waals surface area contributed by atoms with Crippen LogP contribution in [0.5, 0.6) is 0 Å². The minimum atomic E-state index is -0.899. The van der Waals surface area contributed by atoms with Crippen LogP contribution in [0.3, 0.4) is 0 Å². The summed E-state index contributed by atoms with van der Waals surface area (Å²) in [4.78, 5) is 10.1. The topological polar surface area (TPSA) is 95.6 Å². The summed E-state index contributed by atoms with van der Waals surface area (Å²) in [6.07, 6.45) is -0.899. The van der Waals surface area contributed by atoms with E-state index < -0.39 is 17.1 Å². The lowest BCUT2D eigenvalue weighted by atomic mass is 10.0. The number of hydrogen-bond acceptors (Lipinski definition) is 5. The Kier molecular flexibility index (Phi) is 5.88. The Bertz CT molecular complexity index is 406. The predicted octanol–water partition coefficient (Wildman–Crippen LogP) is 1.23. The summed E-state index contributed by atoms with van der Waals surface area (Å²) in [5, 5.41) is 33.0. The summed E-state index contributed by atoms with van der Waals surface area (Å²) < 4.78 is 0. The Hall–Kier alpha value is -1.50. The summed E-state index contributed by atoms with van der Waals surface area (Å²) in [6, 6.07) is 5.21. The van der Waals surface area contributed by atoms with Crippen LogP contribution >= 0.6 is 0 Å². The predicted molar refractivity (Wildman–Crippen MR) is 71.8 cm³/mol. The molecule has 0 saturated carbocycles. The average Bonchev–Trinajstić information content (AvgIpc) is 2.39. The first kappa shape index (κ1) is 15.6. The number of aliphatic hydroxyl groups excluding tert-OH is 2. The average molecular weight is 268 g/mol. The fourth-order valence-corrected chi connectivity index (χ4v) is 1.69. The van der Waals surface area contributed by atoms with Crippen LogP contribution in [-0.4, -0.2) is 34.3 Å². The molecule has 1 rings (SSSR count). The third-order valence-electron chi connectivity index (χ3n) is 2.81. The van der Waals surface area contributed by atoms with E-state index in [9.17, 15) is 20.3 Å². The number of nitrogens with one attached hydrogen (secondary N) is 1. The van der Waals surface area contributed by atoms with Crippen LogP contribution in [0.2, 0.25) is 0 Å². The molecule has 0 bridgehead atoms. The largest absolute Gasteiger partial charge is 0.395 e. The molecule has 0 aliphatic carbocycles. The van der Waals surface area contributed by atoms with E-state index in [1.165, 1.54) is 24.3 Å². The van der Waals surface area contributed by atoms with Crippen molar-refractivity contribution in [2.24, 2.45) is 5.92 Å². The molecule has 0 aliphatic heterocycles. The summed E-state index contributed by atoms with van der Waals surface area (Å²) in [7, 11) is 0. The van der Waals surface area contributed by atoms with Gasteiger partial charge in [-0.15, -0.1) is 0 Å². The summed E-state index contributed by atoms with van der Waals surface area (Å²) >= 11 is 0. The molecule has 2 atom stereocenters. The van der Waals surface area contributed by atoms with E-state index in [0.717, 1.165) is 0 Å². The quantitative estimate of drug-likeness (QED) is 0.510. The minimum Gasteiger partial charge on any atom is -0.395 e. The third-order valence-corrected chi connectivity index (χ3v) is 2.81. The van der Waals surface area contributed by atoms with Gasteiger partial charge in [0.2, 0.25) is 0 Å². The highest BCUT2D eigenvalue weighted by Gasteiger charge is 2.20. The van der Waals surface area contributed by atoms with Crippen molar-refractivity contribution in [2.45, 2.75) is 26.0 Å². The summed E-state index contributed by atoms with van der Waals surface area (Å²) in [5.41, 5.74) is 0.521. The highest BCUT2D eigenvalue weighted by Crippen LogP contribution is 2.20. The molecule has 0 fully saturated rings. The normalized spacial score (nSPS) is 14.4. The Morgan fingerprint density at radius 1 is 1.32 bits per heavy atom. The van der Waals surface area contributed by atoms with Gasteiger partial charge in [0.1, 0.15) is 0 Å². The number of non-ortho nitro benzene ring substituents is 1. The molecule has 0 radical (unpaired) electrons. The fourth-order valence-electron chi connectivity index (χ4n) is 1.69. The molecule has 6 nitrogen and oxygen atoms in total. The van der Waals surface area contributed by atoms with Gasteiger partial charge in [0.05, 0.1) is 23.7 Å². The second kappa shape index (κ2) is 7.18. The molecule has 6 heteroatoms. The molecule has 106 valence electrons. The smallest absolute Gasteiger partial charge is 0.269 e. The van der Waals surface area contributed by atoms with Crippen molar-refractivity contribution in [2.75, 3.05) is 13.2 Å². The van der Waals surface area contributed by atoms with Gasteiger partial charge in [-0.05, 0) is 30.2 Å². The lowest BCUT2D eigenvalue weighted by Crippen LogP contribution is -2.40. The van der Waals surface area contributed by atoms with E-state index in [4.69, 9.17) is 0 Å². The third kappa shape index (κ3) is 4.59. The molecule has 2 unspecified atom stereocenters. The Morgan fingerprint density at radius 3 is 2.32 bits per heavy atom. The molecule has 0 aliphatic rings. The van der Waals surface area contributed by atoms with Crippen molar-refractivity contribution in [3.8, 4) is 0 Å². The zero-order valence-corrected chi connectivity index (χ0v) is 11.1. The second-order valence-corrected chi connectivity index (χ2v) is 4.88. The van der Waals surface area contributed by atoms with Crippen LogP contribution in [0.1, 0.15) is 25.5 Å². The van der Waals surface area contributed by atoms with E-state index in [1.54, 1.807) is 0 Å². The molecule has 0 aromatic heterocycles. The number of nitro groups is 1. The molecule has 3 N–H and O–H groups in total. The molecular formula is C13H20N2O4. The summed E-state index contributed by atoms with van der Waals surface area (Å²) in [6.45, 7) is 4.53. The van der Waals surface area contributed by atoms with Crippen LogP contribution in [0, 0.1) is 16.0 Å². The molecule has 0 spiro atoms. The molecule has 0 saturated heterocycles. The molecule has 1 aromatic rings. The van der Waals surface area contributed by atoms with Crippen molar-refractivity contribution in [3.63, 3.8) is 0 Å². The highest BCUT2D eigenvalue weighted by atomic mass is 16.6. The van der Waals surface area contributed by atoms with E-state index in [2.05, 4.69) is 5.32 Å². The van der Waals surface area contributed by atoms with Crippen molar-refractivity contribution in [1.82, 2.24) is 5.32 Å². The van der Waals surface area contributed by atoms with Gasteiger partial charge in [-0.2, -0.15) is 0 Å². The minimum absolute atomic E-state index is 0.0216. The van der Waals surface area contributed by atoms with Gasteiger partial charge in [-0.25, -0.2) is 0 Å². The number of aliphatic hydroxyl groups is 2. The Morgan fingerprint density at radius 2 is 1.89 bits per heavy atom. The van der Waals surface area contributed by atoms with Crippen LogP contribution in [0.25, 0.3) is 0 Å². The van der Waals surface area contributed by atoms with E-state index in [1.807, 2.05) is 13.8 Å². The van der Waals surface area contributed by atoms with Crippen molar-refractivity contribution in [1.29, 1.82) is 0 Å². The van der Waals surface area contributed by atoms with Crippen molar-refractivity contribution < 1.29 is 15.1 Å². The number of nitrogens with zero attached hydrogens (tertiary/aromatic N) is 1. The number of nitro benzene ring substituents is 1. The second-order valence-electron chi connectivity index (χ2n) is 4.88. The maximum atomic E-state index is 10.5. The maximum Gasteiger partial charge on any atom is 0.269 e. The molecule has 1 aromatic carbocycles. The van der Waals surface area contributed by atoms with Crippen LogP contribution in [0.15, 0.2) is 24.3 Å². The number of hydrogen-bond donors (Lipinski definition) is 3. The highest BCUT2D eigenvalue weighted by molar-refractivity contribution is 5.34. The fraction of sp³-hybridized carbons (Fsp3) is 0.538. The first-order chi connectivity index (χ1) is 8.95. The van der Waals surface area contributed by atoms with Crippen LogP contribution in [0.4, 0.5) is 5.69 Å². The van der Waals surface area contributed by atoms with Gasteiger partial charge in [0.25, 0.3) is 5.69 Å². The van der Waals surface area contributed by atoms with Crippen molar-refractivity contribution >= 4 is 5.69 Å². The van der Waals surface area contributed by atoms with Gasteiger partial charge in [-0.1, -0.05) is 13.8 Å². The molecule has 19 heavy (non-hydrogen) atoms. The molecular weight excluding hydrogens is 248 g/mol. The SMILES string of the molecule is CC(C)CNC(CO)C(O)c1ccc([N+](=O)[O-])cc1. The van der Waals surface area contributed by atoms with Gasteiger partial charge in [0, 0.05) is 12.1 Å². The monoisotopic (exact) mass is 268 g/mol. The first-order valence-corrected chi connectivity index (χ1v) is 6.22. The molecule has 0 heterocycles.